The molecule has 7 heteroatoms. The van der Waals surface area contributed by atoms with Crippen LogP contribution >= 0.6 is 0 Å². The smallest absolute Gasteiger partial charge is 0.312 e. The molecule has 0 bridgehead atoms. The second-order valence-corrected chi connectivity index (χ2v) is 6.62. The first-order chi connectivity index (χ1) is 14.5. The summed E-state index contributed by atoms with van der Waals surface area (Å²) in [4.78, 5) is 23.9. The Morgan fingerprint density at radius 1 is 0.933 bits per heavy atom. The van der Waals surface area contributed by atoms with E-state index in [1.165, 1.54) is 6.07 Å². The molecule has 3 rings (SSSR count). The molecule has 0 spiro atoms. The highest BCUT2D eigenvalue weighted by molar-refractivity contribution is 5.78. The Hall–Kier alpha value is -3.87. The van der Waals surface area contributed by atoms with E-state index >= 15 is 0 Å². The summed E-state index contributed by atoms with van der Waals surface area (Å²) in [6.45, 7) is 0.0476. The number of urea groups is 1. The van der Waals surface area contributed by atoms with Crippen molar-refractivity contribution in [1.82, 2.24) is 10.6 Å². The number of nitrogens with one attached hydrogen (secondary N) is 2. The van der Waals surface area contributed by atoms with Crippen LogP contribution in [0.25, 0.3) is 0 Å². The molecule has 0 fully saturated rings. The summed E-state index contributed by atoms with van der Waals surface area (Å²) in [6.07, 6.45) is -0.0633. The molecule has 3 amide bonds. The number of benzene rings is 3. The van der Waals surface area contributed by atoms with E-state index in [-0.39, 0.29) is 18.9 Å². The molecule has 4 N–H and O–H groups in total. The second kappa shape index (κ2) is 10.1. The Labute approximate surface area is 173 Å². The number of halogens is 1. The van der Waals surface area contributed by atoms with Crippen molar-refractivity contribution in [2.24, 2.45) is 5.73 Å². The summed E-state index contributed by atoms with van der Waals surface area (Å²) < 4.78 is 19.5. The minimum Gasteiger partial charge on any atom is -0.457 e. The lowest BCUT2D eigenvalue weighted by Gasteiger charge is -2.19. The van der Waals surface area contributed by atoms with Gasteiger partial charge in [-0.1, -0.05) is 48.5 Å². The molecule has 0 saturated carbocycles. The number of primary amides is 1. The molecule has 0 heterocycles. The second-order valence-electron chi connectivity index (χ2n) is 6.62. The summed E-state index contributed by atoms with van der Waals surface area (Å²) in [7, 11) is 0. The Kier molecular flexibility index (Phi) is 7.00. The highest BCUT2D eigenvalue weighted by atomic mass is 19.1. The molecule has 0 radical (unpaired) electrons. The number of hydrogen-bond acceptors (Lipinski definition) is 3. The third kappa shape index (κ3) is 6.07. The van der Waals surface area contributed by atoms with E-state index in [0.29, 0.717) is 22.6 Å². The molecular weight excluding hydrogens is 385 g/mol. The topological polar surface area (TPSA) is 93.5 Å². The van der Waals surface area contributed by atoms with Crippen molar-refractivity contribution < 1.29 is 18.7 Å². The van der Waals surface area contributed by atoms with Gasteiger partial charge in [0, 0.05) is 12.1 Å². The first-order valence-corrected chi connectivity index (χ1v) is 9.40. The molecule has 0 aliphatic rings. The maximum atomic E-state index is 13.7. The SMILES string of the molecule is NC(=O)NC(CC(=O)NCc1ccccc1F)c1cccc(Oc2ccccc2)c1. The first-order valence-electron chi connectivity index (χ1n) is 9.40. The molecule has 0 aliphatic carbocycles. The van der Waals surface area contributed by atoms with Gasteiger partial charge in [-0.3, -0.25) is 4.79 Å². The molecule has 0 saturated heterocycles. The lowest BCUT2D eigenvalue weighted by Crippen LogP contribution is -2.36. The molecule has 0 aliphatic heterocycles. The van der Waals surface area contributed by atoms with Crippen molar-refractivity contribution >= 4 is 11.9 Å². The molecule has 3 aromatic rings. The highest BCUT2D eigenvalue weighted by Crippen LogP contribution is 2.26. The standard InChI is InChI=1S/C23H22FN3O3/c24-20-12-5-4-7-17(20)15-26-22(28)14-21(27-23(25)29)16-8-6-11-19(13-16)30-18-9-2-1-3-10-18/h1-13,21H,14-15H2,(H,26,28)(H3,25,27,29). The molecule has 1 atom stereocenters. The van der Waals surface area contributed by atoms with Crippen molar-refractivity contribution in [2.75, 3.05) is 0 Å². The molecule has 0 aromatic heterocycles. The lowest BCUT2D eigenvalue weighted by molar-refractivity contribution is -0.121. The van der Waals surface area contributed by atoms with Gasteiger partial charge in [0.15, 0.2) is 0 Å². The van der Waals surface area contributed by atoms with Crippen molar-refractivity contribution in [1.29, 1.82) is 0 Å². The summed E-state index contributed by atoms with van der Waals surface area (Å²) in [5.41, 5.74) is 6.32. The molecule has 154 valence electrons. The van der Waals surface area contributed by atoms with Gasteiger partial charge in [-0.15, -0.1) is 0 Å². The largest absolute Gasteiger partial charge is 0.457 e. The van der Waals surface area contributed by atoms with Crippen LogP contribution in [-0.2, 0) is 11.3 Å². The minimum atomic E-state index is -0.753. The number of carbonyl (C=O) groups excluding carboxylic acids is 2. The maximum absolute atomic E-state index is 13.7. The number of rotatable bonds is 8. The van der Waals surface area contributed by atoms with Crippen molar-refractivity contribution in [3.63, 3.8) is 0 Å². The summed E-state index contributed by atoms with van der Waals surface area (Å²) in [5.74, 6) is 0.472. The average Bonchev–Trinajstić information content (AvgIpc) is 2.73. The number of ether oxygens (including phenoxy) is 1. The van der Waals surface area contributed by atoms with Crippen molar-refractivity contribution in [2.45, 2.75) is 19.0 Å². The van der Waals surface area contributed by atoms with Crippen LogP contribution in [0.4, 0.5) is 9.18 Å². The van der Waals surface area contributed by atoms with Crippen molar-refractivity contribution in [3.8, 4) is 11.5 Å². The van der Waals surface area contributed by atoms with E-state index in [0.717, 1.165) is 0 Å². The molecule has 3 aromatic carbocycles. The van der Waals surface area contributed by atoms with Gasteiger partial charge in [-0.25, -0.2) is 9.18 Å². The van der Waals surface area contributed by atoms with Crippen LogP contribution in [-0.4, -0.2) is 11.9 Å². The lowest BCUT2D eigenvalue weighted by atomic mass is 10.0. The number of hydrogen-bond donors (Lipinski definition) is 3. The summed E-state index contributed by atoms with van der Waals surface area (Å²) in [6, 6.07) is 21.1. The summed E-state index contributed by atoms with van der Waals surface area (Å²) >= 11 is 0. The zero-order chi connectivity index (χ0) is 21.3. The van der Waals surface area contributed by atoms with E-state index in [9.17, 15) is 14.0 Å². The van der Waals surface area contributed by atoms with Gasteiger partial charge in [-0.05, 0) is 35.9 Å². The fraction of sp³-hybridized carbons (Fsp3) is 0.130. The number of carbonyl (C=O) groups is 2. The van der Waals surface area contributed by atoms with Gasteiger partial charge in [0.2, 0.25) is 5.91 Å². The van der Waals surface area contributed by atoms with Crippen LogP contribution in [0, 0.1) is 5.82 Å². The minimum absolute atomic E-state index is 0.0476. The van der Waals surface area contributed by atoms with Crippen LogP contribution < -0.4 is 21.1 Å². The normalized spacial score (nSPS) is 11.4. The van der Waals surface area contributed by atoms with E-state index in [1.54, 1.807) is 42.5 Å². The Balaban J connectivity index is 1.69. The maximum Gasteiger partial charge on any atom is 0.312 e. The fourth-order valence-electron chi connectivity index (χ4n) is 2.94. The van der Waals surface area contributed by atoms with E-state index in [2.05, 4.69) is 10.6 Å². The van der Waals surface area contributed by atoms with E-state index < -0.39 is 17.9 Å². The van der Waals surface area contributed by atoms with Crippen LogP contribution in [0.3, 0.4) is 0 Å². The fourth-order valence-corrected chi connectivity index (χ4v) is 2.94. The van der Waals surface area contributed by atoms with Crippen molar-refractivity contribution in [3.05, 3.63) is 95.8 Å². The third-order valence-electron chi connectivity index (χ3n) is 4.38. The molecule has 6 nitrogen and oxygen atoms in total. The third-order valence-corrected chi connectivity index (χ3v) is 4.38. The Morgan fingerprint density at radius 3 is 2.37 bits per heavy atom. The average molecular weight is 407 g/mol. The van der Waals surface area contributed by atoms with Gasteiger partial charge in [0.25, 0.3) is 0 Å². The Bertz CT molecular complexity index is 1010. The monoisotopic (exact) mass is 407 g/mol. The molecule has 30 heavy (non-hydrogen) atoms. The van der Waals surface area contributed by atoms with Gasteiger partial charge < -0.3 is 21.1 Å². The van der Waals surface area contributed by atoms with Crippen LogP contribution in [0.2, 0.25) is 0 Å². The zero-order valence-electron chi connectivity index (χ0n) is 16.2. The van der Waals surface area contributed by atoms with E-state index in [1.807, 2.05) is 30.3 Å². The predicted octanol–water partition coefficient (Wildman–Crippen LogP) is 4.03. The number of amides is 3. The van der Waals surface area contributed by atoms with Gasteiger partial charge in [-0.2, -0.15) is 0 Å². The van der Waals surface area contributed by atoms with Gasteiger partial charge in [0.1, 0.15) is 17.3 Å². The number of para-hydroxylation sites is 1. The first kappa shape index (κ1) is 20.9. The van der Waals surface area contributed by atoms with Crippen LogP contribution in [0.1, 0.15) is 23.6 Å². The summed E-state index contributed by atoms with van der Waals surface area (Å²) in [5, 5.41) is 5.24. The quantitative estimate of drug-likeness (QED) is 0.526. The molecular formula is C23H22FN3O3. The van der Waals surface area contributed by atoms with Crippen LogP contribution in [0.5, 0.6) is 11.5 Å². The van der Waals surface area contributed by atoms with E-state index in [4.69, 9.17) is 10.5 Å². The molecule has 1 unspecified atom stereocenters. The predicted molar refractivity (Wildman–Crippen MR) is 111 cm³/mol. The Morgan fingerprint density at radius 2 is 1.63 bits per heavy atom. The highest BCUT2D eigenvalue weighted by Gasteiger charge is 2.18. The zero-order valence-corrected chi connectivity index (χ0v) is 16.2. The van der Waals surface area contributed by atoms with Gasteiger partial charge in [0.05, 0.1) is 12.5 Å². The van der Waals surface area contributed by atoms with Crippen LogP contribution in [0.15, 0.2) is 78.9 Å². The van der Waals surface area contributed by atoms with Gasteiger partial charge >= 0.3 is 6.03 Å². The number of nitrogens with two attached hydrogens (primary N) is 1.